The number of thiazole rings is 1. The predicted octanol–water partition coefficient (Wildman–Crippen LogP) is 5.95. The van der Waals surface area contributed by atoms with Gasteiger partial charge in [-0.15, -0.1) is 11.3 Å². The van der Waals surface area contributed by atoms with E-state index in [1.54, 1.807) is 0 Å². The van der Waals surface area contributed by atoms with Crippen molar-refractivity contribution in [3.8, 4) is 11.3 Å². The number of amides is 2. The number of hydrogen-bond donors (Lipinski definition) is 0. The van der Waals surface area contributed by atoms with Crippen molar-refractivity contribution in [3.63, 3.8) is 0 Å². The van der Waals surface area contributed by atoms with Crippen molar-refractivity contribution in [3.05, 3.63) is 69.5 Å². The lowest BCUT2D eigenvalue weighted by Crippen LogP contribution is -2.46. The lowest BCUT2D eigenvalue weighted by molar-refractivity contribution is -0.124. The molecule has 0 spiro atoms. The van der Waals surface area contributed by atoms with Gasteiger partial charge in [0.2, 0.25) is 5.91 Å². The van der Waals surface area contributed by atoms with Gasteiger partial charge in [0.15, 0.2) is 5.13 Å². The molecule has 0 N–H and O–H groups in total. The van der Waals surface area contributed by atoms with E-state index in [9.17, 15) is 9.59 Å². The van der Waals surface area contributed by atoms with E-state index in [1.165, 1.54) is 11.3 Å². The zero-order valence-electron chi connectivity index (χ0n) is 20.4. The maximum atomic E-state index is 13.8. The number of ether oxygens (including phenoxy) is 1. The molecule has 2 aliphatic rings. The van der Waals surface area contributed by atoms with Crippen LogP contribution in [0.3, 0.4) is 0 Å². The van der Waals surface area contributed by atoms with Crippen LogP contribution in [0.4, 0.5) is 5.13 Å². The summed E-state index contributed by atoms with van der Waals surface area (Å²) < 4.78 is 6.90. The second-order valence-corrected chi connectivity index (χ2v) is 11.2. The van der Waals surface area contributed by atoms with Crippen LogP contribution in [0.1, 0.15) is 41.6 Å². The number of carbonyl (C=O) groups is 2. The Balaban J connectivity index is 1.30. The van der Waals surface area contributed by atoms with Crippen LogP contribution in [0.5, 0.6) is 0 Å². The molecule has 3 heterocycles. The fourth-order valence-corrected chi connectivity index (χ4v) is 6.04. The number of rotatable bonds is 6. The Morgan fingerprint density at radius 2 is 1.86 bits per heavy atom. The van der Waals surface area contributed by atoms with Gasteiger partial charge < -0.3 is 9.64 Å². The summed E-state index contributed by atoms with van der Waals surface area (Å²) in [5.41, 5.74) is 3.61. The van der Waals surface area contributed by atoms with Crippen molar-refractivity contribution in [2.45, 2.75) is 38.7 Å². The highest BCUT2D eigenvalue weighted by atomic mass is 79.9. The Morgan fingerprint density at radius 1 is 1.11 bits per heavy atom. The highest BCUT2D eigenvalue weighted by molar-refractivity contribution is 9.10. The summed E-state index contributed by atoms with van der Waals surface area (Å²) in [6, 6.07) is 15.7. The molecule has 2 saturated heterocycles. The molecule has 1 aromatic heterocycles. The Morgan fingerprint density at radius 3 is 2.56 bits per heavy atom. The fourth-order valence-electron chi connectivity index (χ4n) is 4.93. The third-order valence-corrected chi connectivity index (χ3v) is 8.44. The van der Waals surface area contributed by atoms with Crippen LogP contribution in [-0.4, -0.2) is 54.0 Å². The summed E-state index contributed by atoms with van der Waals surface area (Å²) >= 11 is 4.98. The first kappa shape index (κ1) is 25.1. The first-order chi connectivity index (χ1) is 17.5. The van der Waals surface area contributed by atoms with Gasteiger partial charge in [0.05, 0.1) is 18.3 Å². The maximum Gasteiger partial charge on any atom is 0.254 e. The number of benzene rings is 2. The minimum absolute atomic E-state index is 0.0386. The summed E-state index contributed by atoms with van der Waals surface area (Å²) in [7, 11) is 0. The van der Waals surface area contributed by atoms with E-state index >= 15 is 0 Å². The van der Waals surface area contributed by atoms with Gasteiger partial charge in [-0.2, -0.15) is 0 Å². The molecule has 2 aromatic carbocycles. The molecule has 188 valence electrons. The zero-order valence-corrected chi connectivity index (χ0v) is 22.8. The number of nitrogens with zero attached hydrogens (tertiary/aromatic N) is 3. The number of likely N-dealkylation sites (tertiary alicyclic amines) is 1. The van der Waals surface area contributed by atoms with Gasteiger partial charge in [0, 0.05) is 46.6 Å². The smallest absolute Gasteiger partial charge is 0.254 e. The van der Waals surface area contributed by atoms with Crippen molar-refractivity contribution in [2.75, 3.05) is 31.1 Å². The molecule has 8 heteroatoms. The van der Waals surface area contributed by atoms with E-state index in [2.05, 4.69) is 15.9 Å². The number of aromatic nitrogens is 1. The molecule has 3 aromatic rings. The van der Waals surface area contributed by atoms with Gasteiger partial charge in [-0.25, -0.2) is 4.98 Å². The Kier molecular flexibility index (Phi) is 7.84. The van der Waals surface area contributed by atoms with E-state index < -0.39 is 0 Å². The van der Waals surface area contributed by atoms with Crippen LogP contribution in [-0.2, 0) is 9.53 Å². The van der Waals surface area contributed by atoms with Gasteiger partial charge in [-0.1, -0.05) is 46.3 Å². The molecule has 5 rings (SSSR count). The monoisotopic (exact) mass is 567 g/mol. The van der Waals surface area contributed by atoms with Gasteiger partial charge in [-0.05, 0) is 56.4 Å². The number of carbonyl (C=O) groups excluding carboxylic acids is 2. The average molecular weight is 569 g/mol. The third kappa shape index (κ3) is 5.56. The number of piperidine rings is 1. The van der Waals surface area contributed by atoms with E-state index in [0.717, 1.165) is 46.3 Å². The van der Waals surface area contributed by atoms with E-state index in [4.69, 9.17) is 9.72 Å². The summed E-state index contributed by atoms with van der Waals surface area (Å²) in [6.45, 7) is 4.39. The summed E-state index contributed by atoms with van der Waals surface area (Å²) in [5.74, 6) is 0.00632. The quantitative estimate of drug-likeness (QED) is 0.369. The minimum atomic E-state index is -0.132. The normalized spacial score (nSPS) is 18.4. The summed E-state index contributed by atoms with van der Waals surface area (Å²) in [4.78, 5) is 35.4. The van der Waals surface area contributed by atoms with Crippen molar-refractivity contribution in [1.82, 2.24) is 9.88 Å². The fraction of sp³-hybridized carbons (Fsp3) is 0.393. The molecule has 0 aliphatic carbocycles. The number of halogens is 1. The van der Waals surface area contributed by atoms with Gasteiger partial charge in [0.25, 0.3) is 5.91 Å². The number of anilines is 1. The SMILES string of the molecule is Cc1ccccc1C(=O)N1CCC(C(=O)N(CC2CCCO2)c2nc(-c3ccc(Br)cc3)cs2)CC1. The molecule has 1 unspecified atom stereocenters. The van der Waals surface area contributed by atoms with E-state index in [-0.39, 0.29) is 23.8 Å². The topological polar surface area (TPSA) is 62.7 Å². The lowest BCUT2D eigenvalue weighted by Gasteiger charge is -2.34. The highest BCUT2D eigenvalue weighted by Crippen LogP contribution is 2.32. The van der Waals surface area contributed by atoms with Crippen molar-refractivity contribution in [1.29, 1.82) is 0 Å². The van der Waals surface area contributed by atoms with Crippen molar-refractivity contribution >= 4 is 44.2 Å². The standard InChI is InChI=1S/C28H30BrN3O3S/c1-19-5-2-3-7-24(19)27(34)31-14-12-21(13-15-31)26(33)32(17-23-6-4-16-35-23)28-30-25(18-36-28)20-8-10-22(29)11-9-20/h2-3,5,7-11,18,21,23H,4,6,12-17H2,1H3. The Labute approximate surface area is 224 Å². The molecule has 0 radical (unpaired) electrons. The molecular formula is C28H30BrN3O3S. The van der Waals surface area contributed by atoms with Gasteiger partial charge in [-0.3, -0.25) is 14.5 Å². The van der Waals surface area contributed by atoms with Crippen molar-refractivity contribution in [2.24, 2.45) is 5.92 Å². The molecule has 0 bridgehead atoms. The summed E-state index contributed by atoms with van der Waals surface area (Å²) in [5, 5.41) is 2.73. The lowest BCUT2D eigenvalue weighted by atomic mass is 9.94. The maximum absolute atomic E-state index is 13.8. The first-order valence-corrected chi connectivity index (χ1v) is 14.2. The molecular weight excluding hydrogens is 538 g/mol. The highest BCUT2D eigenvalue weighted by Gasteiger charge is 2.34. The molecule has 36 heavy (non-hydrogen) atoms. The largest absolute Gasteiger partial charge is 0.376 e. The van der Waals surface area contributed by atoms with Crippen LogP contribution in [0.2, 0.25) is 0 Å². The average Bonchev–Trinajstić information content (AvgIpc) is 3.60. The van der Waals surface area contributed by atoms with E-state index in [0.29, 0.717) is 37.6 Å². The molecule has 2 fully saturated rings. The second-order valence-electron chi connectivity index (χ2n) is 9.49. The minimum Gasteiger partial charge on any atom is -0.376 e. The van der Waals surface area contributed by atoms with E-state index in [1.807, 2.05) is 70.6 Å². The van der Waals surface area contributed by atoms with Crippen LogP contribution in [0.25, 0.3) is 11.3 Å². The predicted molar refractivity (Wildman–Crippen MR) is 146 cm³/mol. The first-order valence-electron chi connectivity index (χ1n) is 12.5. The molecule has 0 saturated carbocycles. The van der Waals surface area contributed by atoms with Gasteiger partial charge in [0.1, 0.15) is 0 Å². The molecule has 2 amide bonds. The molecule has 6 nitrogen and oxygen atoms in total. The zero-order chi connectivity index (χ0) is 25.1. The van der Waals surface area contributed by atoms with Crippen LogP contribution < -0.4 is 4.90 Å². The third-order valence-electron chi connectivity index (χ3n) is 7.05. The van der Waals surface area contributed by atoms with Crippen LogP contribution >= 0.6 is 27.3 Å². The molecule has 1 atom stereocenters. The van der Waals surface area contributed by atoms with Crippen molar-refractivity contribution < 1.29 is 14.3 Å². The number of hydrogen-bond acceptors (Lipinski definition) is 5. The second kappa shape index (κ2) is 11.2. The van der Waals surface area contributed by atoms with Gasteiger partial charge >= 0.3 is 0 Å². The Bertz CT molecular complexity index is 1210. The number of aryl methyl sites for hydroxylation is 1. The Hall–Kier alpha value is -2.55. The van der Waals surface area contributed by atoms with Crippen LogP contribution in [0.15, 0.2) is 58.4 Å². The molecule has 2 aliphatic heterocycles. The summed E-state index contributed by atoms with van der Waals surface area (Å²) in [6.07, 6.45) is 3.33. The van der Waals surface area contributed by atoms with Crippen LogP contribution in [0, 0.1) is 12.8 Å².